The second-order valence-corrected chi connectivity index (χ2v) is 2.26. The highest BCUT2D eigenvalue weighted by atomic mass is 16.1. The molecule has 1 radical (unpaired) electrons. The first-order valence-electron chi connectivity index (χ1n) is 3.43. The molecular formula is C9H10NO. The second-order valence-electron chi connectivity index (χ2n) is 2.26. The first-order chi connectivity index (χ1) is 5.29. The standard InChI is InChI=1S/C9H10NO/c1-8(11)10-7-9-5-3-2-4-6-9/h2-6H,1,7H2,(H,10,11). The van der Waals surface area contributed by atoms with Gasteiger partial charge < -0.3 is 5.32 Å². The summed E-state index contributed by atoms with van der Waals surface area (Å²) < 4.78 is 0. The Morgan fingerprint density at radius 2 is 2.00 bits per heavy atom. The topological polar surface area (TPSA) is 29.1 Å². The smallest absolute Gasteiger partial charge is 0.220 e. The minimum absolute atomic E-state index is 0.242. The summed E-state index contributed by atoms with van der Waals surface area (Å²) in [7, 11) is 0. The molecule has 0 saturated heterocycles. The van der Waals surface area contributed by atoms with Crippen LogP contribution in [0.2, 0.25) is 0 Å². The Kier molecular flexibility index (Phi) is 2.66. The maximum atomic E-state index is 10.4. The number of benzene rings is 1. The van der Waals surface area contributed by atoms with Gasteiger partial charge in [0.15, 0.2) is 0 Å². The zero-order valence-corrected chi connectivity index (χ0v) is 6.21. The van der Waals surface area contributed by atoms with Crippen molar-refractivity contribution in [2.24, 2.45) is 0 Å². The highest BCUT2D eigenvalue weighted by Gasteiger charge is 1.91. The Morgan fingerprint density at radius 3 is 2.55 bits per heavy atom. The molecule has 2 nitrogen and oxygen atoms in total. The quantitative estimate of drug-likeness (QED) is 0.669. The average Bonchev–Trinajstić information content (AvgIpc) is 2.03. The van der Waals surface area contributed by atoms with Crippen LogP contribution in [-0.4, -0.2) is 5.91 Å². The number of rotatable bonds is 2. The Hall–Kier alpha value is -1.31. The van der Waals surface area contributed by atoms with Gasteiger partial charge in [0.05, 0.1) is 0 Å². The number of carbonyl (C=O) groups is 1. The lowest BCUT2D eigenvalue weighted by molar-refractivity contribution is -0.116. The monoisotopic (exact) mass is 148 g/mol. The highest BCUT2D eigenvalue weighted by molar-refractivity contribution is 5.79. The molecule has 0 atom stereocenters. The van der Waals surface area contributed by atoms with Gasteiger partial charge in [0, 0.05) is 13.5 Å². The van der Waals surface area contributed by atoms with Crippen LogP contribution in [0.15, 0.2) is 30.3 Å². The maximum Gasteiger partial charge on any atom is 0.220 e. The summed E-state index contributed by atoms with van der Waals surface area (Å²) in [5, 5.41) is 2.61. The van der Waals surface area contributed by atoms with E-state index in [2.05, 4.69) is 12.2 Å². The van der Waals surface area contributed by atoms with E-state index in [0.29, 0.717) is 6.54 Å². The number of carbonyl (C=O) groups excluding carboxylic acids is 1. The van der Waals surface area contributed by atoms with Gasteiger partial charge in [-0.25, -0.2) is 0 Å². The third-order valence-electron chi connectivity index (χ3n) is 1.33. The van der Waals surface area contributed by atoms with Crippen LogP contribution in [0.4, 0.5) is 0 Å². The van der Waals surface area contributed by atoms with E-state index in [0.717, 1.165) is 5.56 Å². The molecule has 0 aliphatic carbocycles. The van der Waals surface area contributed by atoms with Gasteiger partial charge in [-0.05, 0) is 5.56 Å². The molecular weight excluding hydrogens is 138 g/mol. The molecule has 0 unspecified atom stereocenters. The zero-order chi connectivity index (χ0) is 8.10. The lowest BCUT2D eigenvalue weighted by atomic mass is 10.2. The van der Waals surface area contributed by atoms with Crippen LogP contribution in [0, 0.1) is 6.92 Å². The van der Waals surface area contributed by atoms with E-state index in [4.69, 9.17) is 0 Å². The number of nitrogens with one attached hydrogen (secondary N) is 1. The summed E-state index contributed by atoms with van der Waals surface area (Å²) in [5.41, 5.74) is 1.09. The molecule has 0 spiro atoms. The van der Waals surface area contributed by atoms with Crippen molar-refractivity contribution in [1.82, 2.24) is 5.32 Å². The summed E-state index contributed by atoms with van der Waals surface area (Å²) in [6, 6.07) is 9.72. The Labute approximate surface area is 66.2 Å². The van der Waals surface area contributed by atoms with Crippen LogP contribution >= 0.6 is 0 Å². The van der Waals surface area contributed by atoms with Gasteiger partial charge in [0.2, 0.25) is 5.91 Å². The van der Waals surface area contributed by atoms with Crippen LogP contribution in [0.5, 0.6) is 0 Å². The molecule has 2 heteroatoms. The molecule has 57 valence electrons. The van der Waals surface area contributed by atoms with E-state index in [1.54, 1.807) is 0 Å². The molecule has 0 saturated carbocycles. The number of hydrogen-bond acceptors (Lipinski definition) is 1. The fourth-order valence-corrected chi connectivity index (χ4v) is 0.797. The fraction of sp³-hybridized carbons (Fsp3) is 0.111. The predicted molar refractivity (Wildman–Crippen MR) is 43.6 cm³/mol. The molecule has 1 amide bonds. The Bertz CT molecular complexity index is 231. The molecule has 0 aliphatic heterocycles. The van der Waals surface area contributed by atoms with E-state index in [-0.39, 0.29) is 5.91 Å². The number of hydrogen-bond donors (Lipinski definition) is 1. The molecule has 0 aromatic heterocycles. The van der Waals surface area contributed by atoms with Crippen LogP contribution in [0.1, 0.15) is 5.56 Å². The molecule has 11 heavy (non-hydrogen) atoms. The van der Waals surface area contributed by atoms with Crippen LogP contribution in [0.25, 0.3) is 0 Å². The van der Waals surface area contributed by atoms with E-state index in [9.17, 15) is 4.79 Å². The summed E-state index contributed by atoms with van der Waals surface area (Å²) in [5.74, 6) is -0.242. The van der Waals surface area contributed by atoms with E-state index >= 15 is 0 Å². The van der Waals surface area contributed by atoms with Gasteiger partial charge in [0.1, 0.15) is 0 Å². The summed E-state index contributed by atoms with van der Waals surface area (Å²) >= 11 is 0. The first-order valence-corrected chi connectivity index (χ1v) is 3.43. The predicted octanol–water partition coefficient (Wildman–Crippen LogP) is 1.14. The third kappa shape index (κ3) is 2.85. The van der Waals surface area contributed by atoms with Gasteiger partial charge in [0.25, 0.3) is 0 Å². The van der Waals surface area contributed by atoms with E-state index in [1.807, 2.05) is 30.3 Å². The van der Waals surface area contributed by atoms with Crippen LogP contribution < -0.4 is 5.32 Å². The van der Waals surface area contributed by atoms with Crippen molar-refractivity contribution in [2.45, 2.75) is 6.54 Å². The van der Waals surface area contributed by atoms with Gasteiger partial charge >= 0.3 is 0 Å². The van der Waals surface area contributed by atoms with Crippen LogP contribution in [0.3, 0.4) is 0 Å². The third-order valence-corrected chi connectivity index (χ3v) is 1.33. The average molecular weight is 148 g/mol. The lowest BCUT2D eigenvalue weighted by Crippen LogP contribution is -2.18. The van der Waals surface area contributed by atoms with Crippen molar-refractivity contribution < 1.29 is 4.79 Å². The van der Waals surface area contributed by atoms with Crippen molar-refractivity contribution in [2.75, 3.05) is 0 Å². The molecule has 1 N–H and O–H groups in total. The minimum Gasteiger partial charge on any atom is -0.352 e. The van der Waals surface area contributed by atoms with Crippen molar-refractivity contribution in [3.05, 3.63) is 42.8 Å². The zero-order valence-electron chi connectivity index (χ0n) is 6.21. The molecule has 0 bridgehead atoms. The Balaban J connectivity index is 2.45. The minimum atomic E-state index is -0.242. The van der Waals surface area contributed by atoms with Gasteiger partial charge in [-0.15, -0.1) is 0 Å². The molecule has 0 heterocycles. The summed E-state index contributed by atoms with van der Waals surface area (Å²) in [6.07, 6.45) is 0. The van der Waals surface area contributed by atoms with Crippen molar-refractivity contribution in [3.8, 4) is 0 Å². The van der Waals surface area contributed by atoms with Crippen molar-refractivity contribution >= 4 is 5.91 Å². The first kappa shape index (κ1) is 7.79. The number of amides is 1. The molecule has 1 rings (SSSR count). The van der Waals surface area contributed by atoms with Gasteiger partial charge in [-0.2, -0.15) is 0 Å². The summed E-state index contributed by atoms with van der Waals surface area (Å²) in [4.78, 5) is 10.4. The molecule has 0 aliphatic rings. The Morgan fingerprint density at radius 1 is 1.36 bits per heavy atom. The van der Waals surface area contributed by atoms with Crippen molar-refractivity contribution in [1.29, 1.82) is 0 Å². The summed E-state index contributed by atoms with van der Waals surface area (Å²) in [6.45, 7) is 3.76. The maximum absolute atomic E-state index is 10.4. The van der Waals surface area contributed by atoms with E-state index < -0.39 is 0 Å². The SMILES string of the molecule is [CH2]C(=O)NCc1ccccc1. The highest BCUT2D eigenvalue weighted by Crippen LogP contribution is 1.96. The largest absolute Gasteiger partial charge is 0.352 e. The van der Waals surface area contributed by atoms with Gasteiger partial charge in [-0.1, -0.05) is 30.3 Å². The lowest BCUT2D eigenvalue weighted by Gasteiger charge is -2.00. The molecule has 0 fully saturated rings. The van der Waals surface area contributed by atoms with Crippen molar-refractivity contribution in [3.63, 3.8) is 0 Å². The normalized spacial score (nSPS) is 9.18. The van der Waals surface area contributed by atoms with Gasteiger partial charge in [-0.3, -0.25) is 4.79 Å². The second kappa shape index (κ2) is 3.76. The fourth-order valence-electron chi connectivity index (χ4n) is 0.797. The molecule has 1 aromatic carbocycles. The van der Waals surface area contributed by atoms with E-state index in [1.165, 1.54) is 0 Å². The van der Waals surface area contributed by atoms with Crippen LogP contribution in [-0.2, 0) is 11.3 Å². The molecule has 1 aromatic rings.